The van der Waals surface area contributed by atoms with Gasteiger partial charge in [-0.15, -0.1) is 0 Å². The molecule has 1 fully saturated rings. The third-order valence-corrected chi connectivity index (χ3v) is 4.80. The number of hydrogen-bond acceptors (Lipinski definition) is 5. The highest BCUT2D eigenvalue weighted by Crippen LogP contribution is 2.17. The number of thiocarbonyl (C=S) groups is 1. The van der Waals surface area contributed by atoms with E-state index in [1.807, 2.05) is 54.6 Å². The minimum Gasteiger partial charge on any atom is -0.488 e. The number of morpholine rings is 1. The van der Waals surface area contributed by atoms with Crippen LogP contribution in [-0.2, 0) is 11.3 Å². The maximum atomic E-state index is 5.94. The van der Waals surface area contributed by atoms with Gasteiger partial charge in [0, 0.05) is 25.2 Å². The summed E-state index contributed by atoms with van der Waals surface area (Å²) in [7, 11) is 0. The molecule has 1 heterocycles. The van der Waals surface area contributed by atoms with Crippen molar-refractivity contribution in [2.24, 2.45) is 5.10 Å². The summed E-state index contributed by atoms with van der Waals surface area (Å²) in [6, 6.07) is 17.9. The van der Waals surface area contributed by atoms with Gasteiger partial charge in [-0.2, -0.15) is 5.10 Å². The van der Waals surface area contributed by atoms with Crippen molar-refractivity contribution >= 4 is 23.5 Å². The molecule has 3 rings (SSSR count). The average Bonchev–Trinajstić information content (AvgIpc) is 2.77. The Morgan fingerprint density at radius 3 is 2.69 bits per heavy atom. The molecule has 154 valence electrons. The Morgan fingerprint density at radius 1 is 1.10 bits per heavy atom. The van der Waals surface area contributed by atoms with Gasteiger partial charge in [0.25, 0.3) is 0 Å². The van der Waals surface area contributed by atoms with Crippen molar-refractivity contribution in [3.8, 4) is 5.75 Å². The van der Waals surface area contributed by atoms with Crippen LogP contribution in [0.3, 0.4) is 0 Å². The first-order valence-corrected chi connectivity index (χ1v) is 10.3. The Bertz CT molecular complexity index is 779. The van der Waals surface area contributed by atoms with Gasteiger partial charge in [-0.1, -0.05) is 42.5 Å². The van der Waals surface area contributed by atoms with Gasteiger partial charge in [0.1, 0.15) is 12.4 Å². The van der Waals surface area contributed by atoms with Gasteiger partial charge in [-0.25, -0.2) is 0 Å². The number of hydrazone groups is 1. The average molecular weight is 413 g/mol. The Hall–Kier alpha value is -2.48. The highest BCUT2D eigenvalue weighted by atomic mass is 32.1. The van der Waals surface area contributed by atoms with E-state index in [0.717, 1.165) is 62.7 Å². The standard InChI is InChI=1S/C22H28N4O2S/c29-22(23-11-6-12-26-13-15-27-16-14-26)25-24-17-20-9-4-5-10-21(20)28-18-19-7-2-1-3-8-19/h1-5,7-10,17H,6,11-16,18H2,(H2,23,25,29)/b24-17+. The van der Waals surface area contributed by atoms with Crippen molar-refractivity contribution < 1.29 is 9.47 Å². The predicted octanol–water partition coefficient (Wildman–Crippen LogP) is 2.79. The first-order chi connectivity index (χ1) is 14.3. The van der Waals surface area contributed by atoms with Crippen LogP contribution >= 0.6 is 12.2 Å². The molecule has 0 amide bonds. The van der Waals surface area contributed by atoms with Crippen molar-refractivity contribution in [1.29, 1.82) is 0 Å². The normalized spacial score (nSPS) is 14.6. The SMILES string of the molecule is S=C(NCCCN1CCOCC1)N/N=C/c1ccccc1OCc1ccccc1. The first-order valence-electron chi connectivity index (χ1n) is 9.94. The quantitative estimate of drug-likeness (QED) is 0.286. The second kappa shape index (κ2) is 12.2. The first kappa shape index (κ1) is 21.2. The van der Waals surface area contributed by atoms with Crippen LogP contribution in [0.15, 0.2) is 59.7 Å². The Morgan fingerprint density at radius 2 is 1.86 bits per heavy atom. The van der Waals surface area contributed by atoms with Crippen LogP contribution in [0.2, 0.25) is 0 Å². The van der Waals surface area contributed by atoms with E-state index in [1.54, 1.807) is 6.21 Å². The largest absolute Gasteiger partial charge is 0.488 e. The van der Waals surface area contributed by atoms with Crippen LogP contribution in [0, 0.1) is 0 Å². The molecule has 7 heteroatoms. The van der Waals surface area contributed by atoms with E-state index in [1.165, 1.54) is 0 Å². The molecule has 2 aromatic rings. The summed E-state index contributed by atoms with van der Waals surface area (Å²) in [5.74, 6) is 0.784. The lowest BCUT2D eigenvalue weighted by Crippen LogP contribution is -2.39. The molecular weight excluding hydrogens is 384 g/mol. The fourth-order valence-corrected chi connectivity index (χ4v) is 3.14. The smallest absolute Gasteiger partial charge is 0.186 e. The molecule has 0 bridgehead atoms. The molecule has 0 aliphatic carbocycles. The molecule has 0 radical (unpaired) electrons. The summed E-state index contributed by atoms with van der Waals surface area (Å²) >= 11 is 5.29. The molecule has 6 nitrogen and oxygen atoms in total. The zero-order valence-corrected chi connectivity index (χ0v) is 17.4. The highest BCUT2D eigenvalue weighted by molar-refractivity contribution is 7.80. The molecule has 0 aromatic heterocycles. The van der Waals surface area contributed by atoms with Crippen LogP contribution < -0.4 is 15.5 Å². The van der Waals surface area contributed by atoms with E-state index in [9.17, 15) is 0 Å². The molecule has 0 spiro atoms. The number of para-hydroxylation sites is 1. The second-order valence-corrected chi connectivity index (χ2v) is 7.15. The lowest BCUT2D eigenvalue weighted by molar-refractivity contribution is 0.0376. The van der Waals surface area contributed by atoms with Gasteiger partial charge < -0.3 is 14.8 Å². The second-order valence-electron chi connectivity index (χ2n) is 6.75. The molecule has 1 aliphatic rings. The summed E-state index contributed by atoms with van der Waals surface area (Å²) in [6.45, 7) is 6.07. The minimum absolute atomic E-state index is 0.516. The number of rotatable bonds is 9. The Balaban J connectivity index is 1.38. The van der Waals surface area contributed by atoms with Crippen LogP contribution in [0.5, 0.6) is 5.75 Å². The van der Waals surface area contributed by atoms with Crippen LogP contribution in [0.25, 0.3) is 0 Å². The molecule has 29 heavy (non-hydrogen) atoms. The lowest BCUT2D eigenvalue weighted by Gasteiger charge is -2.26. The van der Waals surface area contributed by atoms with Gasteiger partial charge in [-0.3, -0.25) is 10.3 Å². The fourth-order valence-electron chi connectivity index (χ4n) is 2.98. The van der Waals surface area contributed by atoms with Crippen molar-refractivity contribution in [2.75, 3.05) is 39.4 Å². The van der Waals surface area contributed by atoms with E-state index < -0.39 is 0 Å². The van der Waals surface area contributed by atoms with Crippen LogP contribution in [-0.4, -0.2) is 55.6 Å². The van der Waals surface area contributed by atoms with Gasteiger partial charge in [0.05, 0.1) is 19.4 Å². The Labute approximate surface area is 177 Å². The zero-order valence-electron chi connectivity index (χ0n) is 16.5. The summed E-state index contributed by atoms with van der Waals surface area (Å²) < 4.78 is 11.3. The maximum absolute atomic E-state index is 5.94. The summed E-state index contributed by atoms with van der Waals surface area (Å²) in [4.78, 5) is 2.41. The van der Waals surface area contributed by atoms with Gasteiger partial charge in [0.15, 0.2) is 5.11 Å². The van der Waals surface area contributed by atoms with Crippen molar-refractivity contribution in [1.82, 2.24) is 15.6 Å². The summed E-state index contributed by atoms with van der Waals surface area (Å²) in [5.41, 5.74) is 4.89. The van der Waals surface area contributed by atoms with Crippen molar-refractivity contribution in [3.05, 3.63) is 65.7 Å². The minimum atomic E-state index is 0.516. The van der Waals surface area contributed by atoms with E-state index in [-0.39, 0.29) is 0 Å². The Kier molecular flexibility index (Phi) is 8.90. The number of nitrogens with one attached hydrogen (secondary N) is 2. The number of ether oxygens (including phenoxy) is 2. The summed E-state index contributed by atoms with van der Waals surface area (Å²) in [6.07, 6.45) is 2.75. The van der Waals surface area contributed by atoms with E-state index in [4.69, 9.17) is 21.7 Å². The maximum Gasteiger partial charge on any atom is 0.186 e. The van der Waals surface area contributed by atoms with Crippen molar-refractivity contribution in [2.45, 2.75) is 13.0 Å². The summed E-state index contributed by atoms with van der Waals surface area (Å²) in [5, 5.41) is 7.95. The lowest BCUT2D eigenvalue weighted by atomic mass is 10.2. The topological polar surface area (TPSA) is 58.1 Å². The van der Waals surface area contributed by atoms with E-state index in [0.29, 0.717) is 11.7 Å². The molecule has 0 saturated carbocycles. The van der Waals surface area contributed by atoms with Crippen LogP contribution in [0.1, 0.15) is 17.5 Å². The van der Waals surface area contributed by atoms with Crippen molar-refractivity contribution in [3.63, 3.8) is 0 Å². The molecular formula is C22H28N4O2S. The van der Waals surface area contributed by atoms with E-state index in [2.05, 4.69) is 20.7 Å². The number of hydrogen-bond donors (Lipinski definition) is 2. The number of benzene rings is 2. The zero-order chi connectivity index (χ0) is 20.2. The van der Waals surface area contributed by atoms with Gasteiger partial charge in [0.2, 0.25) is 0 Å². The number of nitrogens with zero attached hydrogens (tertiary/aromatic N) is 2. The van der Waals surface area contributed by atoms with Gasteiger partial charge in [-0.05, 0) is 42.9 Å². The predicted molar refractivity (Wildman–Crippen MR) is 120 cm³/mol. The third-order valence-electron chi connectivity index (χ3n) is 4.57. The third kappa shape index (κ3) is 7.81. The van der Waals surface area contributed by atoms with Crippen LogP contribution in [0.4, 0.5) is 0 Å². The van der Waals surface area contributed by atoms with Gasteiger partial charge >= 0.3 is 0 Å². The van der Waals surface area contributed by atoms with E-state index >= 15 is 0 Å². The monoisotopic (exact) mass is 412 g/mol. The molecule has 0 atom stereocenters. The molecule has 1 saturated heterocycles. The molecule has 1 aliphatic heterocycles. The molecule has 2 aromatic carbocycles. The fraction of sp³-hybridized carbons (Fsp3) is 0.364. The molecule has 2 N–H and O–H groups in total. The molecule has 0 unspecified atom stereocenters. The highest BCUT2D eigenvalue weighted by Gasteiger charge is 2.09.